The average Bonchev–Trinajstić information content (AvgIpc) is 2.54. The van der Waals surface area contributed by atoms with E-state index in [9.17, 15) is 13.2 Å². The molecule has 0 aromatic carbocycles. The predicted octanol–water partition coefficient (Wildman–Crippen LogP) is 3.28. The zero-order valence-corrected chi connectivity index (χ0v) is 9.45. The number of nitrogens with zero attached hydrogens (tertiary/aromatic N) is 1. The minimum atomic E-state index is -4.11. The van der Waals surface area contributed by atoms with Gasteiger partial charge in [0.2, 0.25) is 0 Å². The molecule has 0 unspecified atom stereocenters. The van der Waals surface area contributed by atoms with E-state index >= 15 is 0 Å². The largest absolute Gasteiger partial charge is 0.401 e. The summed E-state index contributed by atoms with van der Waals surface area (Å²) in [6, 6.07) is 0. The van der Waals surface area contributed by atoms with Crippen LogP contribution in [0.25, 0.3) is 0 Å². The lowest BCUT2D eigenvalue weighted by Gasteiger charge is -2.25. The third-order valence-electron chi connectivity index (χ3n) is 2.79. The highest BCUT2D eigenvalue weighted by molar-refractivity contribution is 6.18. The maximum atomic E-state index is 12.2. The van der Waals surface area contributed by atoms with Crippen molar-refractivity contribution >= 4 is 11.6 Å². The van der Waals surface area contributed by atoms with Gasteiger partial charge in [0, 0.05) is 19.0 Å². The molecule has 5 heteroatoms. The summed E-state index contributed by atoms with van der Waals surface area (Å²) in [4.78, 5) is 1.43. The van der Waals surface area contributed by atoms with Crippen LogP contribution in [0.3, 0.4) is 0 Å². The summed E-state index contributed by atoms with van der Waals surface area (Å²) in [5, 5.41) is 0. The van der Waals surface area contributed by atoms with Gasteiger partial charge < -0.3 is 0 Å². The molecule has 1 saturated carbocycles. The topological polar surface area (TPSA) is 3.24 Å². The number of alkyl halides is 4. The van der Waals surface area contributed by atoms with Crippen molar-refractivity contribution in [2.75, 3.05) is 25.5 Å². The lowest BCUT2D eigenvalue weighted by molar-refractivity contribution is -0.146. The smallest absolute Gasteiger partial charge is 0.294 e. The zero-order valence-electron chi connectivity index (χ0n) is 8.69. The fraction of sp³-hybridized carbons (Fsp3) is 1.00. The molecule has 0 aliphatic heterocycles. The third-order valence-corrected chi connectivity index (χ3v) is 2.96. The average molecular weight is 244 g/mol. The molecule has 0 spiro atoms. The van der Waals surface area contributed by atoms with E-state index in [1.54, 1.807) is 0 Å². The first-order valence-electron chi connectivity index (χ1n) is 5.36. The highest BCUT2D eigenvalue weighted by Crippen LogP contribution is 2.26. The van der Waals surface area contributed by atoms with Crippen LogP contribution < -0.4 is 0 Å². The summed E-state index contributed by atoms with van der Waals surface area (Å²) >= 11 is 5.50. The van der Waals surface area contributed by atoms with Crippen molar-refractivity contribution in [2.24, 2.45) is 5.92 Å². The molecule has 0 radical (unpaired) electrons. The van der Waals surface area contributed by atoms with Crippen molar-refractivity contribution in [3.05, 3.63) is 0 Å². The van der Waals surface area contributed by atoms with Crippen molar-refractivity contribution in [2.45, 2.75) is 31.9 Å². The molecule has 0 bridgehead atoms. The van der Waals surface area contributed by atoms with E-state index in [4.69, 9.17) is 11.6 Å². The van der Waals surface area contributed by atoms with Crippen LogP contribution in [-0.4, -0.2) is 36.6 Å². The van der Waals surface area contributed by atoms with Crippen LogP contribution in [0.1, 0.15) is 25.7 Å². The summed E-state index contributed by atoms with van der Waals surface area (Å²) in [5.74, 6) is 0.707. The van der Waals surface area contributed by atoms with Gasteiger partial charge in [-0.1, -0.05) is 12.8 Å². The molecule has 1 nitrogen and oxygen atoms in total. The first-order chi connectivity index (χ1) is 7.01. The van der Waals surface area contributed by atoms with Gasteiger partial charge in [0.15, 0.2) is 0 Å². The second kappa shape index (κ2) is 5.94. The van der Waals surface area contributed by atoms with Crippen molar-refractivity contribution in [3.63, 3.8) is 0 Å². The number of hydrogen-bond acceptors (Lipinski definition) is 1. The maximum Gasteiger partial charge on any atom is 0.401 e. The van der Waals surface area contributed by atoms with Crippen LogP contribution >= 0.6 is 11.6 Å². The van der Waals surface area contributed by atoms with Crippen LogP contribution in [-0.2, 0) is 0 Å². The van der Waals surface area contributed by atoms with Gasteiger partial charge in [0.1, 0.15) is 0 Å². The monoisotopic (exact) mass is 243 g/mol. The molecule has 1 fully saturated rings. The Bertz CT molecular complexity index is 178. The van der Waals surface area contributed by atoms with Crippen LogP contribution in [0, 0.1) is 5.92 Å². The van der Waals surface area contributed by atoms with Crippen molar-refractivity contribution < 1.29 is 13.2 Å². The number of rotatable bonds is 5. The number of hydrogen-bond donors (Lipinski definition) is 0. The Morgan fingerprint density at radius 2 is 1.80 bits per heavy atom. The van der Waals surface area contributed by atoms with Gasteiger partial charge >= 0.3 is 6.18 Å². The lowest BCUT2D eigenvalue weighted by Crippen LogP contribution is -2.38. The summed E-state index contributed by atoms with van der Waals surface area (Å²) in [6.45, 7) is 0.0556. The van der Waals surface area contributed by atoms with Crippen LogP contribution in [0.15, 0.2) is 0 Å². The minimum absolute atomic E-state index is 0.267. The highest BCUT2D eigenvalue weighted by atomic mass is 35.5. The first kappa shape index (κ1) is 13.1. The SMILES string of the molecule is FC(F)(F)CN(CCCl)CC1CCCC1. The second-order valence-electron chi connectivity index (χ2n) is 4.19. The Labute approximate surface area is 93.6 Å². The molecular weight excluding hydrogens is 227 g/mol. The van der Waals surface area contributed by atoms with Gasteiger partial charge in [-0.2, -0.15) is 13.2 Å². The Balaban J connectivity index is 2.35. The molecule has 0 N–H and O–H groups in total. The molecule has 0 aromatic heterocycles. The quantitative estimate of drug-likeness (QED) is 0.670. The molecular formula is C10H17ClF3N. The summed E-state index contributed by atoms with van der Waals surface area (Å²) in [5.41, 5.74) is 0. The molecule has 0 saturated heterocycles. The Morgan fingerprint density at radius 1 is 1.20 bits per heavy atom. The first-order valence-corrected chi connectivity index (χ1v) is 5.90. The maximum absolute atomic E-state index is 12.2. The fourth-order valence-electron chi connectivity index (χ4n) is 2.17. The lowest BCUT2D eigenvalue weighted by atomic mass is 10.1. The van der Waals surface area contributed by atoms with Crippen LogP contribution in [0.5, 0.6) is 0 Å². The van der Waals surface area contributed by atoms with E-state index in [-0.39, 0.29) is 5.88 Å². The predicted molar refractivity (Wildman–Crippen MR) is 55.2 cm³/mol. The minimum Gasteiger partial charge on any atom is -0.294 e. The second-order valence-corrected chi connectivity index (χ2v) is 4.57. The number of halogens is 4. The molecule has 1 aliphatic rings. The summed E-state index contributed by atoms with van der Waals surface area (Å²) < 4.78 is 36.7. The molecule has 0 amide bonds. The van der Waals surface area contributed by atoms with Gasteiger partial charge in [-0.25, -0.2) is 0 Å². The molecule has 1 aliphatic carbocycles. The molecule has 15 heavy (non-hydrogen) atoms. The standard InChI is InChI=1S/C10H17ClF3N/c11-5-6-15(8-10(12,13)14)7-9-3-1-2-4-9/h9H,1-8H2. The van der Waals surface area contributed by atoms with E-state index in [1.165, 1.54) is 4.90 Å². The van der Waals surface area contributed by atoms with Gasteiger partial charge in [-0.15, -0.1) is 11.6 Å². The van der Waals surface area contributed by atoms with Crippen LogP contribution in [0.2, 0.25) is 0 Å². The Hall–Kier alpha value is 0.0400. The van der Waals surface area contributed by atoms with Gasteiger partial charge in [0.25, 0.3) is 0 Å². The Morgan fingerprint density at radius 3 is 2.27 bits per heavy atom. The Kier molecular flexibility index (Phi) is 5.19. The molecule has 90 valence electrons. The van der Waals surface area contributed by atoms with E-state index in [2.05, 4.69) is 0 Å². The van der Waals surface area contributed by atoms with Gasteiger partial charge in [-0.05, 0) is 18.8 Å². The third kappa shape index (κ3) is 5.61. The highest BCUT2D eigenvalue weighted by Gasteiger charge is 2.31. The van der Waals surface area contributed by atoms with Crippen LogP contribution in [0.4, 0.5) is 13.2 Å². The molecule has 0 atom stereocenters. The normalized spacial score (nSPS) is 19.0. The van der Waals surface area contributed by atoms with Crippen molar-refractivity contribution in [1.82, 2.24) is 4.90 Å². The van der Waals surface area contributed by atoms with E-state index < -0.39 is 12.7 Å². The van der Waals surface area contributed by atoms with Gasteiger partial charge in [0.05, 0.1) is 6.54 Å². The van der Waals surface area contributed by atoms with E-state index in [1.807, 2.05) is 0 Å². The molecule has 1 rings (SSSR count). The fourth-order valence-corrected chi connectivity index (χ4v) is 2.41. The zero-order chi connectivity index (χ0) is 11.3. The summed E-state index contributed by atoms with van der Waals surface area (Å²) in [7, 11) is 0. The van der Waals surface area contributed by atoms with E-state index in [0.29, 0.717) is 19.0 Å². The molecule has 0 heterocycles. The van der Waals surface area contributed by atoms with Crippen molar-refractivity contribution in [3.8, 4) is 0 Å². The summed E-state index contributed by atoms with van der Waals surface area (Å²) in [6.07, 6.45) is 0.342. The van der Waals surface area contributed by atoms with Gasteiger partial charge in [-0.3, -0.25) is 4.90 Å². The van der Waals surface area contributed by atoms with E-state index in [0.717, 1.165) is 25.7 Å². The van der Waals surface area contributed by atoms with Crippen molar-refractivity contribution in [1.29, 1.82) is 0 Å². The molecule has 0 aromatic rings.